The predicted molar refractivity (Wildman–Crippen MR) is 109 cm³/mol. The van der Waals surface area contributed by atoms with Crippen molar-refractivity contribution < 1.29 is 19.0 Å². The molecule has 148 valence electrons. The van der Waals surface area contributed by atoms with Crippen molar-refractivity contribution in [3.63, 3.8) is 0 Å². The average Bonchev–Trinajstić information content (AvgIpc) is 3.08. The van der Waals surface area contributed by atoms with E-state index in [9.17, 15) is 10.1 Å². The number of methoxy groups -OCH3 is 3. The van der Waals surface area contributed by atoms with Gasteiger partial charge in [0.1, 0.15) is 11.8 Å². The van der Waals surface area contributed by atoms with Crippen LogP contribution >= 0.6 is 11.6 Å². The van der Waals surface area contributed by atoms with Crippen molar-refractivity contribution in [2.24, 2.45) is 0 Å². The van der Waals surface area contributed by atoms with Gasteiger partial charge < -0.3 is 24.5 Å². The van der Waals surface area contributed by atoms with Crippen molar-refractivity contribution in [1.82, 2.24) is 4.57 Å². The van der Waals surface area contributed by atoms with Gasteiger partial charge in [-0.3, -0.25) is 4.79 Å². The summed E-state index contributed by atoms with van der Waals surface area (Å²) in [6.45, 7) is 0. The highest BCUT2D eigenvalue weighted by atomic mass is 35.5. The fourth-order valence-electron chi connectivity index (χ4n) is 2.99. The van der Waals surface area contributed by atoms with E-state index < -0.39 is 0 Å². The zero-order valence-corrected chi connectivity index (χ0v) is 16.8. The summed E-state index contributed by atoms with van der Waals surface area (Å²) in [7, 11) is 4.48. The van der Waals surface area contributed by atoms with E-state index in [1.54, 1.807) is 36.4 Å². The summed E-state index contributed by atoms with van der Waals surface area (Å²) in [5.41, 5.74) is 7.46. The lowest BCUT2D eigenvalue weighted by Crippen LogP contribution is -2.11. The third-order valence-corrected chi connectivity index (χ3v) is 4.67. The molecule has 0 unspecified atom stereocenters. The number of nitrogen functional groups attached to an aromatic ring is 1. The van der Waals surface area contributed by atoms with E-state index in [-0.39, 0.29) is 22.7 Å². The maximum absolute atomic E-state index is 13.2. The van der Waals surface area contributed by atoms with Gasteiger partial charge in [-0.2, -0.15) is 5.26 Å². The largest absolute Gasteiger partial charge is 0.493 e. The number of hydrogen-bond acceptors (Lipinski definition) is 6. The van der Waals surface area contributed by atoms with Crippen LogP contribution in [0, 0.1) is 11.3 Å². The number of carbonyl (C=O) groups excluding carboxylic acids is 1. The van der Waals surface area contributed by atoms with E-state index >= 15 is 0 Å². The second-order valence-electron chi connectivity index (χ2n) is 6.01. The number of hydrogen-bond donors (Lipinski definition) is 1. The van der Waals surface area contributed by atoms with E-state index in [1.165, 1.54) is 32.1 Å². The smallest absolute Gasteiger partial charge is 0.211 e. The van der Waals surface area contributed by atoms with Gasteiger partial charge in [0.05, 0.1) is 38.3 Å². The number of nitriles is 1. The van der Waals surface area contributed by atoms with Gasteiger partial charge in [-0.25, -0.2) is 0 Å². The molecule has 0 radical (unpaired) electrons. The zero-order valence-electron chi connectivity index (χ0n) is 16.0. The summed E-state index contributed by atoms with van der Waals surface area (Å²) in [5, 5.41) is 9.94. The lowest BCUT2D eigenvalue weighted by Gasteiger charge is -2.16. The minimum absolute atomic E-state index is 0.0844. The lowest BCUT2D eigenvalue weighted by atomic mass is 10.1. The minimum Gasteiger partial charge on any atom is -0.493 e. The van der Waals surface area contributed by atoms with Crippen molar-refractivity contribution in [2.75, 3.05) is 27.1 Å². The summed E-state index contributed by atoms with van der Waals surface area (Å²) < 4.78 is 17.7. The van der Waals surface area contributed by atoms with Gasteiger partial charge in [0, 0.05) is 28.9 Å². The molecule has 1 heterocycles. The number of ether oxygens (including phenoxy) is 3. The van der Waals surface area contributed by atoms with Crippen LogP contribution in [0.1, 0.15) is 21.6 Å². The Morgan fingerprint density at radius 3 is 2.14 bits per heavy atom. The number of anilines is 1. The molecule has 0 saturated heterocycles. The highest BCUT2D eigenvalue weighted by Gasteiger charge is 2.24. The molecular weight excluding hydrogens is 394 g/mol. The molecule has 0 amide bonds. The molecule has 2 N–H and O–H groups in total. The van der Waals surface area contributed by atoms with Crippen molar-refractivity contribution >= 4 is 23.1 Å². The van der Waals surface area contributed by atoms with Gasteiger partial charge in [0.25, 0.3) is 0 Å². The number of rotatable bonds is 6. The summed E-state index contributed by atoms with van der Waals surface area (Å²) in [6, 6.07) is 11.8. The standard InChI is InChI=1S/C21H18ClN3O4/c1-27-16-8-15(9-17(28-2)21(16)29-3)25-11-13(10-23)18(24)19(25)20(26)12-4-6-14(22)7-5-12/h4-9,11H,24H2,1-3H3. The summed E-state index contributed by atoms with van der Waals surface area (Å²) in [5.74, 6) is 0.856. The first-order valence-electron chi connectivity index (χ1n) is 8.46. The molecule has 0 spiro atoms. The first kappa shape index (κ1) is 20.1. The third kappa shape index (κ3) is 3.58. The molecular formula is C21H18ClN3O4. The molecule has 8 heteroatoms. The molecule has 0 fully saturated rings. The van der Waals surface area contributed by atoms with E-state index in [0.29, 0.717) is 33.5 Å². The van der Waals surface area contributed by atoms with Crippen molar-refractivity contribution in [3.05, 3.63) is 64.4 Å². The first-order chi connectivity index (χ1) is 13.9. The summed E-state index contributed by atoms with van der Waals surface area (Å²) in [4.78, 5) is 13.2. The van der Waals surface area contributed by atoms with Crippen LogP contribution < -0.4 is 19.9 Å². The van der Waals surface area contributed by atoms with Crippen LogP contribution in [-0.2, 0) is 0 Å². The number of benzene rings is 2. The molecule has 0 aliphatic rings. The third-order valence-electron chi connectivity index (χ3n) is 4.41. The van der Waals surface area contributed by atoms with E-state index in [1.807, 2.05) is 6.07 Å². The molecule has 29 heavy (non-hydrogen) atoms. The van der Waals surface area contributed by atoms with Crippen LogP contribution in [0.5, 0.6) is 17.2 Å². The normalized spacial score (nSPS) is 10.3. The van der Waals surface area contributed by atoms with Crippen LogP contribution in [-0.4, -0.2) is 31.7 Å². The quantitative estimate of drug-likeness (QED) is 0.618. The van der Waals surface area contributed by atoms with Gasteiger partial charge in [-0.1, -0.05) is 11.6 Å². The Morgan fingerprint density at radius 2 is 1.66 bits per heavy atom. The van der Waals surface area contributed by atoms with Gasteiger partial charge in [-0.05, 0) is 24.3 Å². The lowest BCUT2D eigenvalue weighted by molar-refractivity contribution is 0.103. The second kappa shape index (κ2) is 8.17. The molecule has 7 nitrogen and oxygen atoms in total. The van der Waals surface area contributed by atoms with Crippen LogP contribution in [0.2, 0.25) is 5.02 Å². The number of nitrogens with two attached hydrogens (primary N) is 1. The second-order valence-corrected chi connectivity index (χ2v) is 6.44. The van der Waals surface area contributed by atoms with E-state index in [2.05, 4.69) is 0 Å². The zero-order chi connectivity index (χ0) is 21.1. The average molecular weight is 412 g/mol. The number of halogens is 1. The van der Waals surface area contributed by atoms with Crippen molar-refractivity contribution in [1.29, 1.82) is 5.26 Å². The summed E-state index contributed by atoms with van der Waals surface area (Å²) >= 11 is 5.92. The van der Waals surface area contributed by atoms with Crippen LogP contribution in [0.25, 0.3) is 5.69 Å². The molecule has 1 aromatic heterocycles. The Bertz CT molecular complexity index is 1090. The number of carbonyl (C=O) groups is 1. The van der Waals surface area contributed by atoms with E-state index in [0.717, 1.165) is 0 Å². The molecule has 0 atom stereocenters. The molecule has 3 aromatic rings. The fraction of sp³-hybridized carbons (Fsp3) is 0.143. The Hall–Kier alpha value is -3.63. The van der Waals surface area contributed by atoms with Crippen LogP contribution in [0.15, 0.2) is 42.6 Å². The van der Waals surface area contributed by atoms with E-state index in [4.69, 9.17) is 31.5 Å². The monoisotopic (exact) mass is 411 g/mol. The maximum atomic E-state index is 13.2. The maximum Gasteiger partial charge on any atom is 0.211 e. The highest BCUT2D eigenvalue weighted by molar-refractivity contribution is 6.30. The summed E-state index contributed by atoms with van der Waals surface area (Å²) in [6.07, 6.45) is 1.50. The van der Waals surface area contributed by atoms with Crippen LogP contribution in [0.3, 0.4) is 0 Å². The Morgan fingerprint density at radius 1 is 1.07 bits per heavy atom. The highest BCUT2D eigenvalue weighted by Crippen LogP contribution is 2.40. The van der Waals surface area contributed by atoms with Gasteiger partial charge in [0.15, 0.2) is 11.5 Å². The molecule has 3 rings (SSSR count). The number of ketones is 1. The molecule has 0 aliphatic carbocycles. The van der Waals surface area contributed by atoms with Gasteiger partial charge in [-0.15, -0.1) is 0 Å². The topological polar surface area (TPSA) is 99.5 Å². The Labute approximate surface area is 172 Å². The molecule has 0 aliphatic heterocycles. The predicted octanol–water partition coefficient (Wildman–Crippen LogP) is 3.84. The molecule has 2 aromatic carbocycles. The number of nitrogens with zero attached hydrogens (tertiary/aromatic N) is 2. The molecule has 0 saturated carbocycles. The Balaban J connectivity index is 2.25. The fourth-order valence-corrected chi connectivity index (χ4v) is 3.12. The first-order valence-corrected chi connectivity index (χ1v) is 8.84. The minimum atomic E-state index is -0.352. The van der Waals surface area contributed by atoms with Crippen molar-refractivity contribution in [2.45, 2.75) is 0 Å². The molecule has 0 bridgehead atoms. The van der Waals surface area contributed by atoms with Gasteiger partial charge >= 0.3 is 0 Å². The van der Waals surface area contributed by atoms with Gasteiger partial charge in [0.2, 0.25) is 11.5 Å². The van der Waals surface area contributed by atoms with Crippen LogP contribution in [0.4, 0.5) is 5.69 Å². The Kier molecular flexibility index (Phi) is 5.66. The van der Waals surface area contributed by atoms with Crippen molar-refractivity contribution in [3.8, 4) is 29.0 Å². The number of aromatic nitrogens is 1. The SMILES string of the molecule is COc1cc(-n2cc(C#N)c(N)c2C(=O)c2ccc(Cl)cc2)cc(OC)c1OC.